The third-order valence-electron chi connectivity index (χ3n) is 4.38. The van der Waals surface area contributed by atoms with E-state index in [-0.39, 0.29) is 5.56 Å². The minimum atomic E-state index is -0.950. The number of furan rings is 1. The number of carboxylic acids is 1. The normalized spacial score (nSPS) is 15.3. The molecule has 6 heteroatoms. The van der Waals surface area contributed by atoms with Gasteiger partial charge >= 0.3 is 5.97 Å². The van der Waals surface area contributed by atoms with Crippen molar-refractivity contribution in [1.29, 1.82) is 0 Å². The molecule has 3 aromatic rings. The Morgan fingerprint density at radius 2 is 2.08 bits per heavy atom. The largest absolute Gasteiger partial charge is 0.478 e. The molecule has 0 aliphatic carbocycles. The van der Waals surface area contributed by atoms with Gasteiger partial charge in [0.1, 0.15) is 11.5 Å². The lowest BCUT2D eigenvalue weighted by Gasteiger charge is -2.38. The summed E-state index contributed by atoms with van der Waals surface area (Å²) in [6.07, 6.45) is 1.77. The molecule has 0 saturated carbocycles. The fraction of sp³-hybridized carbons (Fsp3) is 0.222. The standard InChI is InChI=1S/C18H17N3O3/c22-18(23)15-4-2-1-3-14(15)17-6-5-13(24-17)11-21-9-12(10-21)16-7-8-19-20-16/h1-8,12H,9-11H2,(H,19,20)(H,22,23). The Morgan fingerprint density at radius 1 is 1.25 bits per heavy atom. The van der Waals surface area contributed by atoms with Crippen LogP contribution in [-0.2, 0) is 6.54 Å². The number of rotatable bonds is 5. The van der Waals surface area contributed by atoms with E-state index in [9.17, 15) is 9.90 Å². The van der Waals surface area contributed by atoms with Crippen LogP contribution < -0.4 is 0 Å². The maximum Gasteiger partial charge on any atom is 0.336 e. The fourth-order valence-corrected chi connectivity index (χ4v) is 3.10. The lowest BCUT2D eigenvalue weighted by atomic mass is 9.96. The quantitative estimate of drug-likeness (QED) is 0.754. The van der Waals surface area contributed by atoms with E-state index in [4.69, 9.17) is 4.42 Å². The van der Waals surface area contributed by atoms with Crippen LogP contribution in [-0.4, -0.2) is 39.3 Å². The molecule has 0 bridgehead atoms. The van der Waals surface area contributed by atoms with Gasteiger partial charge in [0.25, 0.3) is 0 Å². The molecule has 0 spiro atoms. The Morgan fingerprint density at radius 3 is 2.83 bits per heavy atom. The summed E-state index contributed by atoms with van der Waals surface area (Å²) in [7, 11) is 0. The lowest BCUT2D eigenvalue weighted by molar-refractivity contribution is 0.0697. The number of nitrogens with one attached hydrogen (secondary N) is 1. The molecule has 1 aromatic carbocycles. The second-order valence-electron chi connectivity index (χ2n) is 6.02. The number of nitrogens with zero attached hydrogens (tertiary/aromatic N) is 2. The summed E-state index contributed by atoms with van der Waals surface area (Å²) < 4.78 is 5.87. The molecule has 0 unspecified atom stereocenters. The highest BCUT2D eigenvalue weighted by atomic mass is 16.4. The molecule has 2 aromatic heterocycles. The molecule has 3 heterocycles. The molecule has 1 saturated heterocycles. The van der Waals surface area contributed by atoms with Crippen molar-refractivity contribution in [3.63, 3.8) is 0 Å². The number of aromatic carboxylic acids is 1. The van der Waals surface area contributed by atoms with E-state index in [0.717, 1.165) is 25.4 Å². The van der Waals surface area contributed by atoms with Crippen LogP contribution in [0.1, 0.15) is 27.7 Å². The zero-order chi connectivity index (χ0) is 16.5. The van der Waals surface area contributed by atoms with Gasteiger partial charge in [-0.3, -0.25) is 10.00 Å². The van der Waals surface area contributed by atoms with E-state index in [0.29, 0.717) is 17.2 Å². The van der Waals surface area contributed by atoms with Crippen molar-refractivity contribution in [2.24, 2.45) is 0 Å². The monoisotopic (exact) mass is 323 g/mol. The summed E-state index contributed by atoms with van der Waals surface area (Å²) in [5.74, 6) is 0.977. The van der Waals surface area contributed by atoms with Gasteiger partial charge in [-0.1, -0.05) is 18.2 Å². The first-order valence-electron chi connectivity index (χ1n) is 7.84. The van der Waals surface area contributed by atoms with Crippen molar-refractivity contribution in [3.8, 4) is 11.3 Å². The molecule has 2 N–H and O–H groups in total. The van der Waals surface area contributed by atoms with Crippen LogP contribution in [0.5, 0.6) is 0 Å². The van der Waals surface area contributed by atoms with Crippen molar-refractivity contribution < 1.29 is 14.3 Å². The SMILES string of the molecule is O=C(O)c1ccccc1-c1ccc(CN2CC(c3ccn[nH]3)C2)o1. The van der Waals surface area contributed by atoms with Crippen LogP contribution in [0.2, 0.25) is 0 Å². The number of H-pyrrole nitrogens is 1. The summed E-state index contributed by atoms with van der Waals surface area (Å²) >= 11 is 0. The highest BCUT2D eigenvalue weighted by Gasteiger charge is 2.29. The molecule has 0 radical (unpaired) electrons. The first-order chi connectivity index (χ1) is 11.7. The predicted molar refractivity (Wildman–Crippen MR) is 87.7 cm³/mol. The first kappa shape index (κ1) is 14.7. The summed E-state index contributed by atoms with van der Waals surface area (Å²) in [5.41, 5.74) is 2.03. The van der Waals surface area contributed by atoms with Gasteiger partial charge in [0.15, 0.2) is 0 Å². The average Bonchev–Trinajstić information content (AvgIpc) is 3.22. The summed E-state index contributed by atoms with van der Waals surface area (Å²) in [4.78, 5) is 13.6. The minimum absolute atomic E-state index is 0.252. The topological polar surface area (TPSA) is 82.4 Å². The predicted octanol–water partition coefficient (Wildman–Crippen LogP) is 2.97. The van der Waals surface area contributed by atoms with Gasteiger partial charge in [-0.2, -0.15) is 5.10 Å². The van der Waals surface area contributed by atoms with Gasteiger partial charge in [-0.15, -0.1) is 0 Å². The van der Waals surface area contributed by atoms with Gasteiger partial charge in [-0.25, -0.2) is 4.79 Å². The number of hydrogen-bond donors (Lipinski definition) is 2. The molecular weight excluding hydrogens is 306 g/mol. The van der Waals surface area contributed by atoms with E-state index < -0.39 is 5.97 Å². The zero-order valence-corrected chi connectivity index (χ0v) is 13.0. The van der Waals surface area contributed by atoms with E-state index in [1.807, 2.05) is 24.3 Å². The summed E-state index contributed by atoms with van der Waals surface area (Å²) in [6, 6.07) is 12.6. The second kappa shape index (κ2) is 5.98. The molecule has 4 rings (SSSR count). The van der Waals surface area contributed by atoms with Crippen LogP contribution >= 0.6 is 0 Å². The van der Waals surface area contributed by atoms with E-state index in [1.165, 1.54) is 5.69 Å². The average molecular weight is 323 g/mol. The van der Waals surface area contributed by atoms with E-state index in [1.54, 1.807) is 24.4 Å². The van der Waals surface area contributed by atoms with Crippen LogP contribution in [0, 0.1) is 0 Å². The molecule has 0 atom stereocenters. The summed E-state index contributed by atoms with van der Waals surface area (Å²) in [6.45, 7) is 2.65. The molecule has 122 valence electrons. The van der Waals surface area contributed by atoms with Crippen molar-refractivity contribution in [3.05, 3.63) is 65.7 Å². The van der Waals surface area contributed by atoms with Crippen LogP contribution in [0.4, 0.5) is 0 Å². The van der Waals surface area contributed by atoms with E-state index in [2.05, 4.69) is 15.1 Å². The number of hydrogen-bond acceptors (Lipinski definition) is 4. The number of aromatic nitrogens is 2. The highest BCUT2D eigenvalue weighted by molar-refractivity contribution is 5.95. The Labute approximate surface area is 138 Å². The highest BCUT2D eigenvalue weighted by Crippen LogP contribution is 2.30. The molecule has 1 aliphatic heterocycles. The number of aromatic amines is 1. The van der Waals surface area contributed by atoms with Gasteiger partial charge in [0.2, 0.25) is 0 Å². The second-order valence-corrected chi connectivity index (χ2v) is 6.02. The first-order valence-corrected chi connectivity index (χ1v) is 7.84. The Balaban J connectivity index is 1.44. The summed E-state index contributed by atoms with van der Waals surface area (Å²) in [5, 5.41) is 16.3. The lowest BCUT2D eigenvalue weighted by Crippen LogP contribution is -2.44. The molecule has 24 heavy (non-hydrogen) atoms. The Kier molecular flexibility index (Phi) is 3.66. The van der Waals surface area contributed by atoms with Crippen molar-refractivity contribution >= 4 is 5.97 Å². The molecule has 1 fully saturated rings. The van der Waals surface area contributed by atoms with Gasteiger partial charge < -0.3 is 9.52 Å². The molecule has 1 aliphatic rings. The third-order valence-corrected chi connectivity index (χ3v) is 4.38. The van der Waals surface area contributed by atoms with Gasteiger partial charge in [0, 0.05) is 36.5 Å². The van der Waals surface area contributed by atoms with Gasteiger partial charge in [-0.05, 0) is 24.3 Å². The maximum absolute atomic E-state index is 11.3. The van der Waals surface area contributed by atoms with Crippen LogP contribution in [0.15, 0.2) is 53.1 Å². The number of benzene rings is 1. The van der Waals surface area contributed by atoms with Gasteiger partial charge in [0.05, 0.1) is 12.1 Å². The third kappa shape index (κ3) is 2.72. The maximum atomic E-state index is 11.3. The van der Waals surface area contributed by atoms with Crippen molar-refractivity contribution in [1.82, 2.24) is 15.1 Å². The number of likely N-dealkylation sites (tertiary alicyclic amines) is 1. The van der Waals surface area contributed by atoms with E-state index >= 15 is 0 Å². The fourth-order valence-electron chi connectivity index (χ4n) is 3.10. The number of carbonyl (C=O) groups is 1. The smallest absolute Gasteiger partial charge is 0.336 e. The molecular formula is C18H17N3O3. The number of carboxylic acid groups (broad SMARTS) is 1. The molecule has 6 nitrogen and oxygen atoms in total. The van der Waals surface area contributed by atoms with Crippen molar-refractivity contribution in [2.45, 2.75) is 12.5 Å². The Hall–Kier alpha value is -2.86. The molecule has 0 amide bonds. The van der Waals surface area contributed by atoms with Crippen molar-refractivity contribution in [2.75, 3.05) is 13.1 Å². The minimum Gasteiger partial charge on any atom is -0.478 e. The van der Waals surface area contributed by atoms with Crippen LogP contribution in [0.3, 0.4) is 0 Å². The zero-order valence-electron chi connectivity index (χ0n) is 13.0. The Bertz CT molecular complexity index is 848. The van der Waals surface area contributed by atoms with Crippen LogP contribution in [0.25, 0.3) is 11.3 Å².